The number of carbonyl (C=O) groups is 1. The van der Waals surface area contributed by atoms with Crippen molar-refractivity contribution in [2.45, 2.75) is 6.54 Å². The summed E-state index contributed by atoms with van der Waals surface area (Å²) in [7, 11) is 0. The summed E-state index contributed by atoms with van der Waals surface area (Å²) in [4.78, 5) is 16.5. The molecule has 120 valence electrons. The minimum atomic E-state index is -0.0291. The molecule has 0 unspecified atom stereocenters. The monoisotopic (exact) mass is 329 g/mol. The van der Waals surface area contributed by atoms with Gasteiger partial charge in [0, 0.05) is 43.4 Å². The number of nitrogens with one attached hydrogen (secondary N) is 1. The Morgan fingerprint density at radius 1 is 1.00 bits per heavy atom. The first-order valence-electron chi connectivity index (χ1n) is 7.78. The molecule has 1 heterocycles. The van der Waals surface area contributed by atoms with Gasteiger partial charge in [0.15, 0.2) is 0 Å². The number of para-hydroxylation sites is 1. The molecule has 23 heavy (non-hydrogen) atoms. The summed E-state index contributed by atoms with van der Waals surface area (Å²) in [5, 5.41) is 3.70. The third kappa shape index (κ3) is 4.47. The summed E-state index contributed by atoms with van der Waals surface area (Å²) >= 11 is 6.02. The van der Waals surface area contributed by atoms with Gasteiger partial charge in [-0.25, -0.2) is 4.79 Å². The van der Waals surface area contributed by atoms with E-state index in [2.05, 4.69) is 16.3 Å². The van der Waals surface area contributed by atoms with E-state index in [-0.39, 0.29) is 6.03 Å². The van der Waals surface area contributed by atoms with Crippen molar-refractivity contribution in [3.8, 4) is 0 Å². The van der Waals surface area contributed by atoms with E-state index in [1.54, 1.807) is 0 Å². The van der Waals surface area contributed by atoms with E-state index in [0.29, 0.717) is 0 Å². The van der Waals surface area contributed by atoms with E-state index in [0.717, 1.165) is 43.4 Å². The van der Waals surface area contributed by atoms with Crippen molar-refractivity contribution in [2.24, 2.45) is 0 Å². The van der Waals surface area contributed by atoms with Gasteiger partial charge in [0.05, 0.1) is 0 Å². The molecule has 0 radical (unpaired) electrons. The minimum Gasteiger partial charge on any atom is -0.322 e. The van der Waals surface area contributed by atoms with Gasteiger partial charge in [-0.05, 0) is 29.8 Å². The standard InChI is InChI=1S/C18H20ClN3O/c19-16-6-4-5-15(13-16)14-21-9-11-22(12-10-21)18(23)20-17-7-2-1-3-8-17/h1-8,13H,9-12,14H2,(H,20,23). The summed E-state index contributed by atoms with van der Waals surface area (Å²) in [6.45, 7) is 4.08. The first kappa shape index (κ1) is 15.8. The summed E-state index contributed by atoms with van der Waals surface area (Å²) in [5.41, 5.74) is 2.04. The maximum Gasteiger partial charge on any atom is 0.321 e. The summed E-state index contributed by atoms with van der Waals surface area (Å²) in [6, 6.07) is 17.5. The number of benzene rings is 2. The van der Waals surface area contributed by atoms with Crippen LogP contribution in [-0.2, 0) is 6.54 Å². The zero-order chi connectivity index (χ0) is 16.1. The second kappa shape index (κ2) is 7.49. The lowest BCUT2D eigenvalue weighted by Gasteiger charge is -2.34. The summed E-state index contributed by atoms with van der Waals surface area (Å²) < 4.78 is 0. The summed E-state index contributed by atoms with van der Waals surface area (Å²) in [6.07, 6.45) is 0. The Balaban J connectivity index is 1.49. The van der Waals surface area contributed by atoms with Crippen LogP contribution < -0.4 is 5.32 Å². The molecule has 2 amide bonds. The normalized spacial score (nSPS) is 15.4. The van der Waals surface area contributed by atoms with Gasteiger partial charge in [0.1, 0.15) is 0 Å². The van der Waals surface area contributed by atoms with Crippen LogP contribution in [0.25, 0.3) is 0 Å². The Morgan fingerprint density at radius 2 is 1.74 bits per heavy atom. The van der Waals surface area contributed by atoms with E-state index in [4.69, 9.17) is 11.6 Å². The molecule has 4 nitrogen and oxygen atoms in total. The fourth-order valence-electron chi connectivity index (χ4n) is 2.73. The highest BCUT2D eigenvalue weighted by molar-refractivity contribution is 6.30. The highest BCUT2D eigenvalue weighted by atomic mass is 35.5. The number of piperazine rings is 1. The number of amides is 2. The van der Waals surface area contributed by atoms with Crippen molar-refractivity contribution in [3.63, 3.8) is 0 Å². The van der Waals surface area contributed by atoms with Gasteiger partial charge < -0.3 is 10.2 Å². The van der Waals surface area contributed by atoms with E-state index in [9.17, 15) is 4.79 Å². The van der Waals surface area contributed by atoms with Crippen molar-refractivity contribution in [1.82, 2.24) is 9.80 Å². The highest BCUT2D eigenvalue weighted by Crippen LogP contribution is 2.14. The predicted octanol–water partition coefficient (Wildman–Crippen LogP) is 3.69. The van der Waals surface area contributed by atoms with Crippen molar-refractivity contribution < 1.29 is 4.79 Å². The largest absolute Gasteiger partial charge is 0.322 e. The predicted molar refractivity (Wildman–Crippen MR) is 93.8 cm³/mol. The van der Waals surface area contributed by atoms with Crippen LogP contribution in [0.3, 0.4) is 0 Å². The number of urea groups is 1. The first-order valence-corrected chi connectivity index (χ1v) is 8.16. The smallest absolute Gasteiger partial charge is 0.321 e. The molecule has 1 aliphatic rings. The highest BCUT2D eigenvalue weighted by Gasteiger charge is 2.21. The average Bonchev–Trinajstić information content (AvgIpc) is 2.56. The van der Waals surface area contributed by atoms with Crippen molar-refractivity contribution in [1.29, 1.82) is 0 Å². The summed E-state index contributed by atoms with van der Waals surface area (Å²) in [5.74, 6) is 0. The van der Waals surface area contributed by atoms with E-state index in [1.165, 1.54) is 5.56 Å². The van der Waals surface area contributed by atoms with Crippen LogP contribution in [0.1, 0.15) is 5.56 Å². The Hall–Kier alpha value is -2.04. The number of hydrogen-bond donors (Lipinski definition) is 1. The maximum absolute atomic E-state index is 12.3. The Kier molecular flexibility index (Phi) is 5.16. The molecule has 5 heteroatoms. The lowest BCUT2D eigenvalue weighted by molar-refractivity contribution is 0.143. The number of anilines is 1. The molecule has 0 aromatic heterocycles. The second-order valence-corrected chi connectivity index (χ2v) is 6.13. The minimum absolute atomic E-state index is 0.0291. The SMILES string of the molecule is O=C(Nc1ccccc1)N1CCN(Cc2cccc(Cl)c2)CC1. The lowest BCUT2D eigenvalue weighted by atomic mass is 10.2. The second-order valence-electron chi connectivity index (χ2n) is 5.69. The molecule has 2 aromatic rings. The number of nitrogens with zero attached hydrogens (tertiary/aromatic N) is 2. The molecular weight excluding hydrogens is 310 g/mol. The van der Waals surface area contributed by atoms with Crippen LogP contribution >= 0.6 is 11.6 Å². The number of hydrogen-bond acceptors (Lipinski definition) is 2. The molecule has 0 aliphatic carbocycles. The molecule has 2 aromatic carbocycles. The van der Waals surface area contributed by atoms with Gasteiger partial charge >= 0.3 is 6.03 Å². The van der Waals surface area contributed by atoms with Crippen molar-refractivity contribution in [3.05, 3.63) is 65.2 Å². The first-order chi connectivity index (χ1) is 11.2. The molecule has 0 atom stereocenters. The zero-order valence-electron chi connectivity index (χ0n) is 12.9. The molecular formula is C18H20ClN3O. The molecule has 1 aliphatic heterocycles. The van der Waals surface area contributed by atoms with E-state index >= 15 is 0 Å². The molecule has 0 bridgehead atoms. The molecule has 1 fully saturated rings. The average molecular weight is 330 g/mol. The van der Waals surface area contributed by atoms with Crippen molar-refractivity contribution in [2.75, 3.05) is 31.5 Å². The van der Waals surface area contributed by atoms with Gasteiger partial charge in [0.2, 0.25) is 0 Å². The molecule has 1 saturated heterocycles. The molecule has 3 rings (SSSR count). The fraction of sp³-hybridized carbons (Fsp3) is 0.278. The van der Waals surface area contributed by atoms with Gasteiger partial charge in [0.25, 0.3) is 0 Å². The fourth-order valence-corrected chi connectivity index (χ4v) is 2.94. The number of rotatable bonds is 3. The quantitative estimate of drug-likeness (QED) is 0.932. The third-order valence-electron chi connectivity index (χ3n) is 3.98. The van der Waals surface area contributed by atoms with E-state index in [1.807, 2.05) is 53.4 Å². The van der Waals surface area contributed by atoms with Crippen LogP contribution in [-0.4, -0.2) is 42.0 Å². The van der Waals surface area contributed by atoms with Crippen LogP contribution in [0.5, 0.6) is 0 Å². The maximum atomic E-state index is 12.3. The zero-order valence-corrected chi connectivity index (χ0v) is 13.7. The van der Waals surface area contributed by atoms with Gasteiger partial charge in [-0.15, -0.1) is 0 Å². The van der Waals surface area contributed by atoms with Crippen molar-refractivity contribution >= 4 is 23.3 Å². The third-order valence-corrected chi connectivity index (χ3v) is 4.21. The lowest BCUT2D eigenvalue weighted by Crippen LogP contribution is -2.49. The van der Waals surface area contributed by atoms with Gasteiger partial charge in [-0.1, -0.05) is 41.9 Å². The Morgan fingerprint density at radius 3 is 2.43 bits per heavy atom. The number of halogens is 1. The van der Waals surface area contributed by atoms with Gasteiger partial charge in [-0.2, -0.15) is 0 Å². The van der Waals surface area contributed by atoms with Crippen LogP contribution in [0.4, 0.5) is 10.5 Å². The number of carbonyl (C=O) groups excluding carboxylic acids is 1. The van der Waals surface area contributed by atoms with Crippen LogP contribution in [0.2, 0.25) is 5.02 Å². The Labute approximate surface area is 141 Å². The molecule has 0 spiro atoms. The topological polar surface area (TPSA) is 35.6 Å². The molecule has 1 N–H and O–H groups in total. The molecule has 0 saturated carbocycles. The van der Waals surface area contributed by atoms with Crippen LogP contribution in [0.15, 0.2) is 54.6 Å². The Bertz CT molecular complexity index is 654. The van der Waals surface area contributed by atoms with Crippen LogP contribution in [0, 0.1) is 0 Å². The van der Waals surface area contributed by atoms with E-state index < -0.39 is 0 Å². The van der Waals surface area contributed by atoms with Gasteiger partial charge in [-0.3, -0.25) is 4.90 Å².